The van der Waals surface area contributed by atoms with E-state index in [-0.39, 0.29) is 32.5 Å². The minimum Gasteiger partial charge on any atom is -0.481 e. The molecular weight excluding hydrogens is 446 g/mol. The fourth-order valence-corrected chi connectivity index (χ4v) is 4.31. The molecule has 180 valence electrons. The number of ether oxygens (including phenoxy) is 2. The van der Waals surface area contributed by atoms with E-state index in [0.29, 0.717) is 11.1 Å². The number of benzene rings is 3. The first-order valence-corrected chi connectivity index (χ1v) is 11.5. The van der Waals surface area contributed by atoms with E-state index in [0.717, 1.165) is 5.56 Å². The molecule has 7 heteroatoms. The monoisotopic (exact) mass is 473 g/mol. The quantitative estimate of drug-likeness (QED) is 0.499. The number of carboxylic acid groups (broad SMARTS) is 1. The smallest absolute Gasteiger partial charge is 0.410 e. The Labute approximate surface area is 203 Å². The Morgan fingerprint density at radius 3 is 1.94 bits per heavy atom. The van der Waals surface area contributed by atoms with Crippen molar-refractivity contribution in [2.24, 2.45) is 0 Å². The van der Waals surface area contributed by atoms with E-state index in [1.807, 2.05) is 48.5 Å². The van der Waals surface area contributed by atoms with Gasteiger partial charge in [-0.1, -0.05) is 91.0 Å². The van der Waals surface area contributed by atoms with E-state index < -0.39 is 29.6 Å². The van der Waals surface area contributed by atoms with Gasteiger partial charge in [-0.05, 0) is 24.0 Å². The Morgan fingerprint density at radius 2 is 1.37 bits per heavy atom. The van der Waals surface area contributed by atoms with Crippen molar-refractivity contribution in [3.05, 3.63) is 108 Å². The molecule has 0 spiro atoms. The van der Waals surface area contributed by atoms with E-state index >= 15 is 0 Å². The maximum absolute atomic E-state index is 13.0. The lowest BCUT2D eigenvalue weighted by Gasteiger charge is -2.39. The Hall–Kier alpha value is -4.13. The van der Waals surface area contributed by atoms with Gasteiger partial charge in [-0.15, -0.1) is 0 Å². The Morgan fingerprint density at radius 1 is 0.829 bits per heavy atom. The van der Waals surface area contributed by atoms with Crippen molar-refractivity contribution in [3.8, 4) is 0 Å². The Bertz CT molecular complexity index is 1140. The summed E-state index contributed by atoms with van der Waals surface area (Å²) in [5.41, 5.74) is 0.971. The lowest BCUT2D eigenvalue weighted by Crippen LogP contribution is -2.49. The first-order valence-electron chi connectivity index (χ1n) is 11.5. The van der Waals surface area contributed by atoms with Crippen LogP contribution in [0, 0.1) is 0 Å². The second kappa shape index (κ2) is 10.9. The van der Waals surface area contributed by atoms with Crippen LogP contribution in [-0.4, -0.2) is 41.1 Å². The molecule has 3 aromatic rings. The molecule has 0 aliphatic carbocycles. The highest BCUT2D eigenvalue weighted by Crippen LogP contribution is 2.36. The molecule has 3 aromatic carbocycles. The number of nitrogens with zero attached hydrogens (tertiary/aromatic N) is 1. The largest absolute Gasteiger partial charge is 0.481 e. The molecule has 0 radical (unpaired) electrons. The Balaban J connectivity index is 1.44. The molecule has 1 atom stereocenters. The molecule has 1 amide bonds. The number of aliphatic carboxylic acids is 1. The van der Waals surface area contributed by atoms with Crippen molar-refractivity contribution in [2.45, 2.75) is 31.0 Å². The number of piperidine rings is 1. The van der Waals surface area contributed by atoms with Gasteiger partial charge in [0.25, 0.3) is 0 Å². The molecule has 1 N–H and O–H groups in total. The number of carboxylic acids is 1. The van der Waals surface area contributed by atoms with Crippen LogP contribution in [-0.2, 0) is 31.1 Å². The van der Waals surface area contributed by atoms with Crippen molar-refractivity contribution in [2.75, 3.05) is 13.1 Å². The maximum Gasteiger partial charge on any atom is 0.410 e. The molecule has 1 fully saturated rings. The van der Waals surface area contributed by atoms with Crippen LogP contribution in [0.2, 0.25) is 0 Å². The van der Waals surface area contributed by atoms with Crippen molar-refractivity contribution in [3.63, 3.8) is 0 Å². The number of esters is 1. The normalized spacial score (nSPS) is 15.6. The van der Waals surface area contributed by atoms with Crippen molar-refractivity contribution < 1.29 is 29.0 Å². The van der Waals surface area contributed by atoms with Crippen molar-refractivity contribution >= 4 is 18.0 Å². The van der Waals surface area contributed by atoms with Crippen LogP contribution < -0.4 is 0 Å². The van der Waals surface area contributed by atoms with Crippen LogP contribution in [0.5, 0.6) is 0 Å². The number of hydrogen-bond donors (Lipinski definition) is 1. The van der Waals surface area contributed by atoms with Crippen LogP contribution in [0.25, 0.3) is 0 Å². The van der Waals surface area contributed by atoms with Crippen LogP contribution in [0.3, 0.4) is 0 Å². The SMILES string of the molecule is O=C(OCc1ccccc1)C(OC(=O)N1CCC(C(=O)O)(c2ccccc2)CC1)c1ccccc1. The highest BCUT2D eigenvalue weighted by Gasteiger charge is 2.44. The van der Waals surface area contributed by atoms with Gasteiger partial charge in [-0.25, -0.2) is 9.59 Å². The lowest BCUT2D eigenvalue weighted by atomic mass is 9.73. The fraction of sp³-hybridized carbons (Fsp3) is 0.250. The summed E-state index contributed by atoms with van der Waals surface area (Å²) >= 11 is 0. The summed E-state index contributed by atoms with van der Waals surface area (Å²) in [5, 5.41) is 9.99. The molecule has 7 nitrogen and oxygen atoms in total. The second-order valence-corrected chi connectivity index (χ2v) is 8.51. The summed E-state index contributed by atoms with van der Waals surface area (Å²) in [7, 11) is 0. The molecule has 0 saturated carbocycles. The third-order valence-corrected chi connectivity index (χ3v) is 6.37. The Kier molecular flexibility index (Phi) is 7.45. The summed E-state index contributed by atoms with van der Waals surface area (Å²) in [6.45, 7) is 0.448. The van der Waals surface area contributed by atoms with E-state index in [1.165, 1.54) is 4.90 Å². The molecular formula is C28H27NO6. The molecule has 1 unspecified atom stereocenters. The van der Waals surface area contributed by atoms with Crippen LogP contribution in [0.4, 0.5) is 4.79 Å². The number of carbonyl (C=O) groups is 3. The van der Waals surface area contributed by atoms with Crippen molar-refractivity contribution in [1.82, 2.24) is 4.90 Å². The highest BCUT2D eigenvalue weighted by atomic mass is 16.6. The zero-order chi connectivity index (χ0) is 24.7. The molecule has 35 heavy (non-hydrogen) atoms. The number of rotatable bonds is 7. The summed E-state index contributed by atoms with van der Waals surface area (Å²) in [4.78, 5) is 39.6. The van der Waals surface area contributed by atoms with Gasteiger partial charge in [0.15, 0.2) is 0 Å². The highest BCUT2D eigenvalue weighted by molar-refractivity contribution is 5.83. The minimum atomic E-state index is -1.23. The first-order chi connectivity index (χ1) is 17.0. The predicted molar refractivity (Wildman–Crippen MR) is 128 cm³/mol. The number of carbonyl (C=O) groups excluding carboxylic acids is 2. The minimum absolute atomic E-state index is 0.0580. The standard InChI is InChI=1S/C28H27NO6/c30-25(34-20-21-10-4-1-5-11-21)24(22-12-6-2-7-13-22)35-27(33)29-18-16-28(17-19-29,26(31)32)23-14-8-3-9-15-23/h1-15,24H,16-20H2,(H,31,32). The van der Waals surface area contributed by atoms with Crippen molar-refractivity contribution in [1.29, 1.82) is 0 Å². The molecule has 1 aliphatic heterocycles. The summed E-state index contributed by atoms with van der Waals surface area (Å²) in [6, 6.07) is 27.0. The van der Waals surface area contributed by atoms with Gasteiger partial charge in [-0.2, -0.15) is 0 Å². The topological polar surface area (TPSA) is 93.1 Å². The zero-order valence-corrected chi connectivity index (χ0v) is 19.2. The lowest BCUT2D eigenvalue weighted by molar-refractivity contribution is -0.156. The van der Waals surface area contributed by atoms with E-state index in [1.54, 1.807) is 42.5 Å². The van der Waals surface area contributed by atoms with E-state index in [4.69, 9.17) is 9.47 Å². The van der Waals surface area contributed by atoms with Gasteiger partial charge >= 0.3 is 18.0 Å². The van der Waals surface area contributed by atoms with Crippen LogP contribution in [0.15, 0.2) is 91.0 Å². The van der Waals surface area contributed by atoms with Gasteiger partial charge in [0.1, 0.15) is 6.61 Å². The van der Waals surface area contributed by atoms with Gasteiger partial charge < -0.3 is 19.5 Å². The fourth-order valence-electron chi connectivity index (χ4n) is 4.31. The van der Waals surface area contributed by atoms with Crippen LogP contribution in [0.1, 0.15) is 35.6 Å². The predicted octanol–water partition coefficient (Wildman–Crippen LogP) is 4.73. The molecule has 1 aliphatic rings. The average Bonchev–Trinajstić information content (AvgIpc) is 2.91. The molecule has 1 saturated heterocycles. The van der Waals surface area contributed by atoms with Crippen LogP contribution >= 0.6 is 0 Å². The summed E-state index contributed by atoms with van der Waals surface area (Å²) in [5.74, 6) is -1.59. The van der Waals surface area contributed by atoms with Gasteiger partial charge in [0.2, 0.25) is 6.10 Å². The van der Waals surface area contributed by atoms with E-state index in [2.05, 4.69) is 0 Å². The third-order valence-electron chi connectivity index (χ3n) is 6.37. The zero-order valence-electron chi connectivity index (χ0n) is 19.2. The van der Waals surface area contributed by atoms with Gasteiger partial charge in [0, 0.05) is 18.7 Å². The molecule has 1 heterocycles. The average molecular weight is 474 g/mol. The molecule has 0 aromatic heterocycles. The number of likely N-dealkylation sites (tertiary alicyclic amines) is 1. The molecule has 0 bridgehead atoms. The van der Waals surface area contributed by atoms with E-state index in [9.17, 15) is 19.5 Å². The third kappa shape index (κ3) is 5.51. The molecule has 4 rings (SSSR count). The van der Waals surface area contributed by atoms with Gasteiger partial charge in [-0.3, -0.25) is 4.79 Å². The second-order valence-electron chi connectivity index (χ2n) is 8.51. The van der Waals surface area contributed by atoms with Gasteiger partial charge in [0.05, 0.1) is 5.41 Å². The number of amides is 1. The maximum atomic E-state index is 13.0. The summed E-state index contributed by atoms with van der Waals surface area (Å²) < 4.78 is 11.1. The number of hydrogen-bond acceptors (Lipinski definition) is 5. The summed E-state index contributed by atoms with van der Waals surface area (Å²) in [6.07, 6.45) is -1.42. The first kappa shape index (κ1) is 24.0.